The highest BCUT2D eigenvalue weighted by Crippen LogP contribution is 2.35. The Morgan fingerprint density at radius 2 is 1.53 bits per heavy atom. The van der Waals surface area contributed by atoms with Gasteiger partial charge in [-0.3, -0.25) is 0 Å². The molecule has 0 heterocycles. The van der Waals surface area contributed by atoms with Gasteiger partial charge in [0.25, 0.3) is 0 Å². The van der Waals surface area contributed by atoms with Crippen molar-refractivity contribution in [2.75, 3.05) is 0 Å². The van der Waals surface area contributed by atoms with Crippen LogP contribution in [0.25, 0.3) is 0 Å². The third-order valence-corrected chi connectivity index (χ3v) is 4.15. The lowest BCUT2D eigenvalue weighted by atomic mass is 9.77. The maximum absolute atomic E-state index is 10.00. The minimum absolute atomic E-state index is 0.126. The lowest BCUT2D eigenvalue weighted by molar-refractivity contribution is 0.333. The molecule has 0 unspecified atom stereocenters. The van der Waals surface area contributed by atoms with Crippen LogP contribution in [-0.2, 0) is 5.41 Å². The molecule has 0 aliphatic rings. The van der Waals surface area contributed by atoms with E-state index in [-0.39, 0.29) is 5.41 Å². The average molecular weight is 262 g/mol. The van der Waals surface area contributed by atoms with Gasteiger partial charge in [-0.1, -0.05) is 47.1 Å². The second-order valence-electron chi connectivity index (χ2n) is 7.74. The molecule has 0 spiro atoms. The first-order chi connectivity index (χ1) is 8.53. The van der Waals surface area contributed by atoms with Crippen molar-refractivity contribution in [2.45, 2.75) is 73.1 Å². The summed E-state index contributed by atoms with van der Waals surface area (Å²) in [6.45, 7) is 15.5. The van der Waals surface area contributed by atoms with E-state index in [4.69, 9.17) is 0 Å². The van der Waals surface area contributed by atoms with Crippen LogP contribution < -0.4 is 0 Å². The summed E-state index contributed by atoms with van der Waals surface area (Å²) >= 11 is 0. The van der Waals surface area contributed by atoms with Gasteiger partial charge in [-0.2, -0.15) is 0 Å². The second kappa shape index (κ2) is 5.56. The van der Waals surface area contributed by atoms with Crippen LogP contribution in [-0.4, -0.2) is 5.11 Å². The standard InChI is InChI=1S/C18H30O/c1-13-11-15(12-16(19)14(13)2)18(6,7)10-8-9-17(3,4)5/h11-12,19H,8-10H2,1-7H3. The number of hydrogen-bond donors (Lipinski definition) is 1. The zero-order valence-electron chi connectivity index (χ0n) is 13.7. The summed E-state index contributed by atoms with van der Waals surface area (Å²) in [4.78, 5) is 0. The van der Waals surface area contributed by atoms with E-state index in [9.17, 15) is 5.11 Å². The molecule has 19 heavy (non-hydrogen) atoms. The van der Waals surface area contributed by atoms with Crippen molar-refractivity contribution in [3.8, 4) is 5.75 Å². The van der Waals surface area contributed by atoms with E-state index in [0.717, 1.165) is 12.0 Å². The van der Waals surface area contributed by atoms with E-state index >= 15 is 0 Å². The summed E-state index contributed by atoms with van der Waals surface area (Å²) in [5.74, 6) is 0.430. The van der Waals surface area contributed by atoms with Crippen LogP contribution in [0.5, 0.6) is 5.75 Å². The number of hydrogen-bond acceptors (Lipinski definition) is 1. The highest BCUT2D eigenvalue weighted by molar-refractivity contribution is 5.43. The van der Waals surface area contributed by atoms with Crippen molar-refractivity contribution >= 4 is 0 Å². The Kier molecular flexibility index (Phi) is 4.71. The Labute approximate surface area is 119 Å². The van der Waals surface area contributed by atoms with E-state index < -0.39 is 0 Å². The fourth-order valence-electron chi connectivity index (χ4n) is 2.44. The first kappa shape index (κ1) is 16.1. The molecular formula is C18H30O. The smallest absolute Gasteiger partial charge is 0.119 e. The minimum atomic E-state index is 0.126. The van der Waals surface area contributed by atoms with Gasteiger partial charge < -0.3 is 5.11 Å². The quantitative estimate of drug-likeness (QED) is 0.759. The van der Waals surface area contributed by atoms with Crippen molar-refractivity contribution in [1.82, 2.24) is 0 Å². The highest BCUT2D eigenvalue weighted by atomic mass is 16.3. The fourth-order valence-corrected chi connectivity index (χ4v) is 2.44. The van der Waals surface area contributed by atoms with Crippen molar-refractivity contribution in [2.24, 2.45) is 5.41 Å². The molecule has 0 fully saturated rings. The number of phenols is 1. The van der Waals surface area contributed by atoms with Gasteiger partial charge in [-0.25, -0.2) is 0 Å². The molecule has 0 amide bonds. The van der Waals surface area contributed by atoms with E-state index in [2.05, 4.69) is 47.6 Å². The molecule has 0 atom stereocenters. The van der Waals surface area contributed by atoms with Crippen LogP contribution in [0.2, 0.25) is 0 Å². The van der Waals surface area contributed by atoms with Crippen molar-refractivity contribution < 1.29 is 5.11 Å². The normalized spacial score (nSPS) is 12.8. The van der Waals surface area contributed by atoms with E-state index in [0.29, 0.717) is 11.2 Å². The summed E-state index contributed by atoms with van der Waals surface area (Å²) in [5, 5.41) is 10.00. The Morgan fingerprint density at radius 1 is 0.947 bits per heavy atom. The summed E-state index contributed by atoms with van der Waals surface area (Å²) in [6.07, 6.45) is 3.63. The van der Waals surface area contributed by atoms with Crippen molar-refractivity contribution in [1.29, 1.82) is 0 Å². The molecule has 108 valence electrons. The van der Waals surface area contributed by atoms with Gasteiger partial charge in [-0.15, -0.1) is 0 Å². The monoisotopic (exact) mass is 262 g/mol. The third kappa shape index (κ3) is 4.56. The Hall–Kier alpha value is -0.980. The topological polar surface area (TPSA) is 20.2 Å². The molecule has 1 aromatic carbocycles. The van der Waals surface area contributed by atoms with Gasteiger partial charge in [0.2, 0.25) is 0 Å². The Bertz CT molecular complexity index is 412. The summed E-state index contributed by atoms with van der Waals surface area (Å²) in [5.41, 5.74) is 3.96. The number of aryl methyl sites for hydroxylation is 1. The molecule has 1 N–H and O–H groups in total. The van der Waals surface area contributed by atoms with Gasteiger partial charge in [0.1, 0.15) is 5.75 Å². The lowest BCUT2D eigenvalue weighted by Gasteiger charge is -2.28. The Balaban J connectivity index is 2.82. The zero-order valence-corrected chi connectivity index (χ0v) is 13.7. The average Bonchev–Trinajstić information content (AvgIpc) is 2.22. The summed E-state index contributed by atoms with van der Waals surface area (Å²) in [6, 6.07) is 4.17. The van der Waals surface area contributed by atoms with Gasteiger partial charge in [-0.05, 0) is 60.3 Å². The predicted molar refractivity (Wildman–Crippen MR) is 83.9 cm³/mol. The maximum Gasteiger partial charge on any atom is 0.119 e. The molecule has 1 rings (SSSR count). The van der Waals surface area contributed by atoms with Crippen LogP contribution in [0, 0.1) is 19.3 Å². The molecule has 0 bridgehead atoms. The number of benzene rings is 1. The zero-order chi connectivity index (χ0) is 14.8. The predicted octanol–water partition coefficient (Wildman–Crippen LogP) is 5.50. The molecule has 0 saturated heterocycles. The van der Waals surface area contributed by atoms with Crippen LogP contribution in [0.1, 0.15) is 70.6 Å². The van der Waals surface area contributed by atoms with Gasteiger partial charge >= 0.3 is 0 Å². The number of aromatic hydroxyl groups is 1. The van der Waals surface area contributed by atoms with Crippen molar-refractivity contribution in [3.63, 3.8) is 0 Å². The van der Waals surface area contributed by atoms with Crippen LogP contribution in [0.15, 0.2) is 12.1 Å². The highest BCUT2D eigenvalue weighted by Gasteiger charge is 2.23. The molecular weight excluding hydrogens is 232 g/mol. The number of phenolic OH excluding ortho intramolecular Hbond substituents is 1. The molecule has 0 saturated carbocycles. The van der Waals surface area contributed by atoms with E-state index in [1.165, 1.54) is 24.0 Å². The largest absolute Gasteiger partial charge is 0.508 e. The van der Waals surface area contributed by atoms with Gasteiger partial charge in [0.05, 0.1) is 0 Å². The van der Waals surface area contributed by atoms with Gasteiger partial charge in [0, 0.05) is 0 Å². The van der Waals surface area contributed by atoms with E-state index in [1.54, 1.807) is 0 Å². The van der Waals surface area contributed by atoms with Crippen molar-refractivity contribution in [3.05, 3.63) is 28.8 Å². The molecule has 0 aromatic heterocycles. The van der Waals surface area contributed by atoms with Crippen LogP contribution in [0.4, 0.5) is 0 Å². The molecule has 1 nitrogen and oxygen atoms in total. The molecule has 1 aromatic rings. The van der Waals surface area contributed by atoms with E-state index in [1.807, 2.05) is 13.0 Å². The molecule has 0 aliphatic heterocycles. The number of rotatable bonds is 4. The van der Waals surface area contributed by atoms with Gasteiger partial charge in [0.15, 0.2) is 0 Å². The second-order valence-corrected chi connectivity index (χ2v) is 7.74. The molecule has 1 heteroatoms. The molecule has 0 radical (unpaired) electrons. The fraction of sp³-hybridized carbons (Fsp3) is 0.667. The first-order valence-corrected chi connectivity index (χ1v) is 7.34. The Morgan fingerprint density at radius 3 is 2.00 bits per heavy atom. The van der Waals surface area contributed by atoms with Crippen LogP contribution in [0.3, 0.4) is 0 Å². The van der Waals surface area contributed by atoms with Crippen LogP contribution >= 0.6 is 0 Å². The lowest BCUT2D eigenvalue weighted by Crippen LogP contribution is -2.18. The maximum atomic E-state index is 10.00. The third-order valence-electron chi connectivity index (χ3n) is 4.15. The summed E-state index contributed by atoms with van der Waals surface area (Å²) in [7, 11) is 0. The summed E-state index contributed by atoms with van der Waals surface area (Å²) < 4.78 is 0. The molecule has 0 aliphatic carbocycles. The minimum Gasteiger partial charge on any atom is -0.508 e. The first-order valence-electron chi connectivity index (χ1n) is 7.34. The SMILES string of the molecule is Cc1cc(C(C)(C)CCCC(C)(C)C)cc(O)c1C.